The minimum Gasteiger partial charge on any atom is -0.543 e. The maximum absolute atomic E-state index is 7.17. The summed E-state index contributed by atoms with van der Waals surface area (Å²) in [5, 5.41) is 0.493. The molecule has 3 aliphatic carbocycles. The quantitative estimate of drug-likeness (QED) is 0.185. The van der Waals surface area contributed by atoms with Gasteiger partial charge in [-0.2, -0.15) is 0 Å². The zero-order valence-corrected chi connectivity index (χ0v) is 40.8. The first-order valence-corrected chi connectivity index (χ1v) is 29.8. The van der Waals surface area contributed by atoms with E-state index in [1.807, 2.05) is 0 Å². The van der Waals surface area contributed by atoms with Crippen LogP contribution in [-0.4, -0.2) is 37.2 Å². The van der Waals surface area contributed by atoms with Gasteiger partial charge in [0, 0.05) is 24.0 Å². The highest BCUT2D eigenvalue weighted by molar-refractivity contribution is 6.75. The first kappa shape index (κ1) is 44.3. The fourth-order valence-electron chi connectivity index (χ4n) is 8.51. The van der Waals surface area contributed by atoms with Gasteiger partial charge in [0.1, 0.15) is 5.75 Å². The normalized spacial score (nSPS) is 27.4. The monoisotopic (exact) mass is 777 g/mol. The second-order valence-corrected chi connectivity index (χ2v) is 36.5. The first-order valence-electron chi connectivity index (χ1n) is 21.1. The first-order chi connectivity index (χ1) is 24.0. The summed E-state index contributed by atoms with van der Waals surface area (Å²) in [4.78, 5) is 0. The summed E-state index contributed by atoms with van der Waals surface area (Å²) < 4.78 is 21.0. The van der Waals surface area contributed by atoms with Crippen molar-refractivity contribution in [1.82, 2.24) is 0 Å². The number of rotatable bonds is 9. The molecule has 0 N–H and O–H groups in total. The molecule has 298 valence electrons. The maximum Gasteiger partial charge on any atom is 0.250 e. The van der Waals surface area contributed by atoms with E-state index >= 15 is 0 Å². The summed E-state index contributed by atoms with van der Waals surface area (Å²) >= 11 is 0. The Kier molecular flexibility index (Phi) is 13.0. The van der Waals surface area contributed by atoms with Crippen LogP contribution >= 0.6 is 0 Å². The van der Waals surface area contributed by atoms with Crippen molar-refractivity contribution in [2.75, 3.05) is 0 Å². The molecule has 0 aromatic heterocycles. The van der Waals surface area contributed by atoms with Gasteiger partial charge in [-0.15, -0.1) is 0 Å². The topological polar surface area (TPSA) is 27.7 Å². The molecule has 1 unspecified atom stereocenters. The van der Waals surface area contributed by atoms with E-state index in [9.17, 15) is 0 Å². The lowest BCUT2D eigenvalue weighted by molar-refractivity contribution is 0.0988. The van der Waals surface area contributed by atoms with Crippen molar-refractivity contribution in [2.24, 2.45) is 23.2 Å². The van der Waals surface area contributed by atoms with Gasteiger partial charge in [-0.25, -0.2) is 0 Å². The van der Waals surface area contributed by atoms with Crippen molar-refractivity contribution >= 4 is 25.0 Å². The van der Waals surface area contributed by atoms with Crippen LogP contribution in [0.5, 0.6) is 5.75 Å². The van der Waals surface area contributed by atoms with Crippen LogP contribution in [0.1, 0.15) is 140 Å². The average Bonchev–Trinajstić information content (AvgIpc) is 3.36. The van der Waals surface area contributed by atoms with Crippen LogP contribution in [0.15, 0.2) is 47.1 Å². The molecule has 0 bridgehead atoms. The zero-order valence-electron chi connectivity index (χ0n) is 37.8. The van der Waals surface area contributed by atoms with Crippen molar-refractivity contribution in [3.8, 4) is 17.6 Å². The van der Waals surface area contributed by atoms with Gasteiger partial charge in [-0.3, -0.25) is 0 Å². The Bertz CT molecular complexity index is 1580. The second kappa shape index (κ2) is 15.5. The molecule has 53 heavy (non-hydrogen) atoms. The molecule has 7 atom stereocenters. The Hall–Kier alpha value is -1.37. The second-order valence-electron chi connectivity index (χ2n) is 22.2. The predicted molar refractivity (Wildman–Crippen MR) is 237 cm³/mol. The van der Waals surface area contributed by atoms with Crippen molar-refractivity contribution in [3.05, 3.63) is 52.6 Å². The molecular formula is C47H80O3Si3. The fourth-order valence-corrected chi connectivity index (χ4v) is 12.2. The molecule has 0 aliphatic heterocycles. The van der Waals surface area contributed by atoms with Crippen molar-refractivity contribution in [2.45, 2.75) is 201 Å². The molecule has 4 rings (SSSR count). The predicted octanol–water partition coefficient (Wildman–Crippen LogP) is 14.5. The number of benzene rings is 1. The molecular weight excluding hydrogens is 697 g/mol. The summed E-state index contributed by atoms with van der Waals surface area (Å²) in [6.07, 6.45) is 9.42. The van der Waals surface area contributed by atoms with Gasteiger partial charge in [0.15, 0.2) is 16.6 Å². The zero-order chi connectivity index (χ0) is 40.2. The highest BCUT2D eigenvalue weighted by Gasteiger charge is 2.51. The molecule has 0 heterocycles. The van der Waals surface area contributed by atoms with E-state index in [0.29, 0.717) is 23.7 Å². The van der Waals surface area contributed by atoms with Gasteiger partial charge in [-0.1, -0.05) is 113 Å². The van der Waals surface area contributed by atoms with Gasteiger partial charge in [0.25, 0.3) is 0 Å². The molecule has 0 saturated heterocycles. The van der Waals surface area contributed by atoms with Crippen LogP contribution in [0, 0.1) is 35.0 Å². The van der Waals surface area contributed by atoms with E-state index in [4.69, 9.17) is 13.3 Å². The minimum absolute atomic E-state index is 0.0679. The standard InChI is InChI=1S/C47H80O3Si3/c1-33(37-22-20-24-39(30-37)48-51(14,15)44(4,5)6)34(2)41-27-28-42-36(23-21-29-47(41,42)13)25-26-38-31-40(49-52(16,17)45(7,8)9)32-43(35(38)3)50-53(18,19)46(10,11)12/h20,22-24,30,33-34,40-43H,21,27-29,31-32H2,1-19H3/t33?,34-,40-,41-,42+,43+,47-/m1/s1. The van der Waals surface area contributed by atoms with Crippen LogP contribution in [0.2, 0.25) is 54.4 Å². The molecule has 3 aliphatic rings. The Balaban J connectivity index is 1.59. The largest absolute Gasteiger partial charge is 0.543 e. The Morgan fingerprint density at radius 2 is 1.38 bits per heavy atom. The lowest BCUT2D eigenvalue weighted by atomic mass is 9.60. The number of hydrogen-bond donors (Lipinski definition) is 0. The molecule has 1 fully saturated rings. The van der Waals surface area contributed by atoms with Crippen LogP contribution in [0.4, 0.5) is 0 Å². The summed E-state index contributed by atoms with van der Waals surface area (Å²) in [6.45, 7) is 45.1. The van der Waals surface area contributed by atoms with Crippen molar-refractivity contribution in [3.63, 3.8) is 0 Å². The van der Waals surface area contributed by atoms with Gasteiger partial charge < -0.3 is 13.3 Å². The third-order valence-corrected chi connectivity index (χ3v) is 28.9. The van der Waals surface area contributed by atoms with E-state index < -0.39 is 25.0 Å². The maximum atomic E-state index is 7.17. The Morgan fingerprint density at radius 1 is 0.792 bits per heavy atom. The van der Waals surface area contributed by atoms with E-state index in [2.05, 4.69) is 171 Å². The smallest absolute Gasteiger partial charge is 0.250 e. The third-order valence-electron chi connectivity index (χ3n) is 15.6. The number of fused-ring (bicyclic) bond motifs is 1. The van der Waals surface area contributed by atoms with Gasteiger partial charge in [0.05, 0.1) is 12.2 Å². The molecule has 0 spiro atoms. The summed E-state index contributed by atoms with van der Waals surface area (Å²) in [7, 11) is -5.85. The van der Waals surface area contributed by atoms with Gasteiger partial charge >= 0.3 is 0 Å². The van der Waals surface area contributed by atoms with Crippen molar-refractivity contribution in [1.29, 1.82) is 0 Å². The summed E-state index contributed by atoms with van der Waals surface area (Å²) in [5.74, 6) is 11.0. The lowest BCUT2D eigenvalue weighted by Crippen LogP contribution is -2.49. The molecule has 1 aromatic carbocycles. The van der Waals surface area contributed by atoms with Crippen LogP contribution in [-0.2, 0) is 8.85 Å². The van der Waals surface area contributed by atoms with Crippen LogP contribution in [0.3, 0.4) is 0 Å². The van der Waals surface area contributed by atoms with Crippen molar-refractivity contribution < 1.29 is 13.3 Å². The van der Waals surface area contributed by atoms with E-state index in [0.717, 1.165) is 25.0 Å². The number of allylic oxidation sites excluding steroid dienone is 2. The molecule has 3 nitrogen and oxygen atoms in total. The minimum atomic E-state index is -1.99. The highest BCUT2D eigenvalue weighted by atomic mass is 28.4. The summed E-state index contributed by atoms with van der Waals surface area (Å²) in [6, 6.07) is 9.05. The molecule has 0 amide bonds. The summed E-state index contributed by atoms with van der Waals surface area (Å²) in [5.41, 5.74) is 5.66. The highest BCUT2D eigenvalue weighted by Crippen LogP contribution is 2.59. The van der Waals surface area contributed by atoms with E-state index in [1.165, 1.54) is 41.5 Å². The molecule has 1 saturated carbocycles. The molecule has 1 aromatic rings. The fraction of sp³-hybridized carbons (Fsp3) is 0.745. The van der Waals surface area contributed by atoms with Crippen LogP contribution < -0.4 is 4.43 Å². The average molecular weight is 777 g/mol. The Labute approximate surface area is 331 Å². The Morgan fingerprint density at radius 3 is 1.96 bits per heavy atom. The van der Waals surface area contributed by atoms with E-state index in [-0.39, 0.29) is 32.7 Å². The lowest BCUT2D eigenvalue weighted by Gasteiger charge is -2.45. The van der Waals surface area contributed by atoms with Crippen LogP contribution in [0.25, 0.3) is 0 Å². The van der Waals surface area contributed by atoms with Gasteiger partial charge in [-0.05, 0) is 139 Å². The van der Waals surface area contributed by atoms with Gasteiger partial charge in [0.2, 0.25) is 8.32 Å². The SMILES string of the molecule is CC1=C(C#CC2=CCC[C@]3(C)[C@@H]([C@H](C)C(C)c4cccc(O[Si](C)(C)C(C)(C)C)c4)CC[C@@H]23)C[C@@H](O[Si](C)(C)C(C)(C)C)C[C@@H]1O[Si](C)(C)C(C)(C)C. The molecule has 6 heteroatoms. The number of hydrogen-bond acceptors (Lipinski definition) is 3. The molecule has 0 radical (unpaired) electrons. The van der Waals surface area contributed by atoms with E-state index in [1.54, 1.807) is 0 Å². The third kappa shape index (κ3) is 9.61.